The molecular formula is C12H13F3INO2S. The van der Waals surface area contributed by atoms with Gasteiger partial charge >= 0.3 is 11.6 Å². The monoisotopic (exact) mass is 419 g/mol. The van der Waals surface area contributed by atoms with Crippen LogP contribution in [0.2, 0.25) is 0 Å². The number of anilines is 1. The Kier molecular flexibility index (Phi) is 5.59. The number of amides is 1. The van der Waals surface area contributed by atoms with Gasteiger partial charge in [0.1, 0.15) is 5.60 Å². The summed E-state index contributed by atoms with van der Waals surface area (Å²) in [6.45, 7) is 5.17. The van der Waals surface area contributed by atoms with Crippen LogP contribution in [0.15, 0.2) is 23.1 Å². The van der Waals surface area contributed by atoms with Crippen LogP contribution in [0.4, 0.5) is 23.7 Å². The summed E-state index contributed by atoms with van der Waals surface area (Å²) in [7, 11) is 0. The van der Waals surface area contributed by atoms with E-state index in [1.54, 1.807) is 20.8 Å². The fourth-order valence-corrected chi connectivity index (χ4v) is 2.65. The van der Waals surface area contributed by atoms with Gasteiger partial charge in [-0.25, -0.2) is 4.79 Å². The van der Waals surface area contributed by atoms with Gasteiger partial charge in [-0.15, -0.1) is 0 Å². The Hall–Kier alpha value is -0.640. The van der Waals surface area contributed by atoms with Crippen LogP contribution in [0.25, 0.3) is 0 Å². The van der Waals surface area contributed by atoms with Crippen molar-refractivity contribution in [1.82, 2.24) is 0 Å². The molecule has 1 amide bonds. The third-order valence-electron chi connectivity index (χ3n) is 1.81. The van der Waals surface area contributed by atoms with Crippen molar-refractivity contribution in [2.75, 3.05) is 5.32 Å². The van der Waals surface area contributed by atoms with E-state index in [4.69, 9.17) is 4.74 Å². The van der Waals surface area contributed by atoms with Crippen molar-refractivity contribution < 1.29 is 22.7 Å². The molecule has 1 N–H and O–H groups in total. The molecule has 20 heavy (non-hydrogen) atoms. The fourth-order valence-electron chi connectivity index (χ4n) is 1.21. The Balaban J connectivity index is 2.76. The minimum Gasteiger partial charge on any atom is -0.444 e. The Bertz CT molecular complexity index is 500. The minimum atomic E-state index is -4.33. The lowest BCUT2D eigenvalue weighted by Gasteiger charge is -2.20. The molecule has 0 aliphatic rings. The molecule has 8 heteroatoms. The molecule has 3 nitrogen and oxygen atoms in total. The zero-order valence-electron chi connectivity index (χ0n) is 11.0. The number of hydrogen-bond donors (Lipinski definition) is 1. The molecule has 1 rings (SSSR count). The fraction of sp³-hybridized carbons (Fsp3) is 0.417. The number of ether oxygens (including phenoxy) is 1. The normalized spacial score (nSPS) is 12.2. The van der Waals surface area contributed by atoms with Crippen LogP contribution in [0.5, 0.6) is 0 Å². The molecule has 0 saturated carbocycles. The lowest BCUT2D eigenvalue weighted by atomic mass is 10.2. The van der Waals surface area contributed by atoms with E-state index in [0.29, 0.717) is 9.26 Å². The summed E-state index contributed by atoms with van der Waals surface area (Å²) < 4.78 is 42.3. The van der Waals surface area contributed by atoms with E-state index in [2.05, 4.69) is 5.32 Å². The SMILES string of the molecule is CC(C)(C)OC(=O)Nc1ccc(SC(F)(F)F)cc1I. The minimum absolute atomic E-state index is 0.0663. The van der Waals surface area contributed by atoms with E-state index >= 15 is 0 Å². The number of nitrogens with one attached hydrogen (secondary N) is 1. The third kappa shape index (κ3) is 6.69. The molecule has 0 radical (unpaired) electrons. The second kappa shape index (κ2) is 6.42. The van der Waals surface area contributed by atoms with Gasteiger partial charge in [-0.05, 0) is 73.3 Å². The molecule has 0 spiro atoms. The predicted molar refractivity (Wildman–Crippen MR) is 80.9 cm³/mol. The molecule has 0 atom stereocenters. The summed E-state index contributed by atoms with van der Waals surface area (Å²) in [5.41, 5.74) is -4.56. The van der Waals surface area contributed by atoms with Crippen LogP contribution >= 0.6 is 34.4 Å². The first-order valence-electron chi connectivity index (χ1n) is 5.51. The van der Waals surface area contributed by atoms with Crippen LogP contribution in [0.1, 0.15) is 20.8 Å². The second-order valence-electron chi connectivity index (χ2n) is 4.82. The molecule has 0 aliphatic heterocycles. The number of benzene rings is 1. The van der Waals surface area contributed by atoms with Crippen molar-refractivity contribution in [2.24, 2.45) is 0 Å². The zero-order chi connectivity index (χ0) is 15.6. The van der Waals surface area contributed by atoms with Crippen LogP contribution in [-0.4, -0.2) is 17.2 Å². The molecule has 0 fully saturated rings. The lowest BCUT2D eigenvalue weighted by molar-refractivity contribution is -0.0328. The zero-order valence-corrected chi connectivity index (χ0v) is 13.9. The quantitative estimate of drug-likeness (QED) is 0.526. The number of alkyl halides is 3. The average molecular weight is 419 g/mol. The Morgan fingerprint density at radius 3 is 2.35 bits per heavy atom. The number of carbonyl (C=O) groups excluding carboxylic acids is 1. The molecular weight excluding hydrogens is 406 g/mol. The predicted octanol–water partition coefficient (Wildman–Crippen LogP) is 5.25. The maximum absolute atomic E-state index is 12.2. The number of carbonyl (C=O) groups is 1. The maximum atomic E-state index is 12.2. The molecule has 0 bridgehead atoms. The number of rotatable bonds is 2. The van der Waals surface area contributed by atoms with Gasteiger partial charge in [0.15, 0.2) is 0 Å². The summed E-state index contributed by atoms with van der Waals surface area (Å²) in [5, 5.41) is 2.50. The lowest BCUT2D eigenvalue weighted by Crippen LogP contribution is -2.27. The number of halogens is 4. The molecule has 0 heterocycles. The van der Waals surface area contributed by atoms with Gasteiger partial charge in [-0.1, -0.05) is 0 Å². The summed E-state index contributed by atoms with van der Waals surface area (Å²) in [6, 6.07) is 4.07. The molecule has 112 valence electrons. The van der Waals surface area contributed by atoms with Crippen molar-refractivity contribution in [1.29, 1.82) is 0 Å². The van der Waals surface area contributed by atoms with Crippen molar-refractivity contribution in [3.05, 3.63) is 21.8 Å². The molecule has 0 aliphatic carbocycles. The molecule has 1 aromatic carbocycles. The van der Waals surface area contributed by atoms with Crippen LogP contribution < -0.4 is 5.32 Å². The first kappa shape index (κ1) is 17.4. The van der Waals surface area contributed by atoms with Crippen LogP contribution in [0, 0.1) is 3.57 Å². The highest BCUT2D eigenvalue weighted by Crippen LogP contribution is 2.38. The van der Waals surface area contributed by atoms with Crippen molar-refractivity contribution in [2.45, 2.75) is 36.8 Å². The Morgan fingerprint density at radius 2 is 1.90 bits per heavy atom. The first-order chi connectivity index (χ1) is 8.96. The second-order valence-corrected chi connectivity index (χ2v) is 7.12. The van der Waals surface area contributed by atoms with Crippen LogP contribution in [-0.2, 0) is 4.74 Å². The van der Waals surface area contributed by atoms with E-state index in [1.807, 2.05) is 22.6 Å². The summed E-state index contributed by atoms with van der Waals surface area (Å²) in [4.78, 5) is 11.6. The molecule has 0 saturated heterocycles. The van der Waals surface area contributed by atoms with Gasteiger partial charge in [-0.3, -0.25) is 5.32 Å². The third-order valence-corrected chi connectivity index (χ3v) is 3.42. The van der Waals surface area contributed by atoms with E-state index in [-0.39, 0.29) is 16.7 Å². The van der Waals surface area contributed by atoms with Gasteiger partial charge < -0.3 is 4.74 Å². The Morgan fingerprint density at radius 1 is 1.30 bits per heavy atom. The topological polar surface area (TPSA) is 38.3 Å². The standard InChI is InChI=1S/C12H13F3INO2S/c1-11(2,3)19-10(18)17-9-5-4-7(6-8(9)16)20-12(13,14)15/h4-6H,1-3H3,(H,17,18). The van der Waals surface area contributed by atoms with Gasteiger partial charge in [0.2, 0.25) is 0 Å². The Labute approximate surface area is 132 Å². The highest BCUT2D eigenvalue weighted by atomic mass is 127. The molecule has 0 unspecified atom stereocenters. The van der Waals surface area contributed by atoms with E-state index < -0.39 is 17.2 Å². The summed E-state index contributed by atoms with van der Waals surface area (Å²) in [5.74, 6) is 0. The largest absolute Gasteiger partial charge is 0.446 e. The van der Waals surface area contributed by atoms with Crippen molar-refractivity contribution in [3.63, 3.8) is 0 Å². The summed E-state index contributed by atoms with van der Waals surface area (Å²) in [6.07, 6.45) is -0.647. The molecule has 0 aromatic heterocycles. The average Bonchev–Trinajstić information content (AvgIpc) is 2.17. The van der Waals surface area contributed by atoms with Crippen LogP contribution in [0.3, 0.4) is 0 Å². The van der Waals surface area contributed by atoms with Gasteiger partial charge in [-0.2, -0.15) is 13.2 Å². The van der Waals surface area contributed by atoms with Gasteiger partial charge in [0, 0.05) is 8.47 Å². The van der Waals surface area contributed by atoms with E-state index in [0.717, 1.165) is 0 Å². The smallest absolute Gasteiger partial charge is 0.444 e. The van der Waals surface area contributed by atoms with E-state index in [1.165, 1.54) is 18.2 Å². The highest BCUT2D eigenvalue weighted by Gasteiger charge is 2.29. The molecule has 1 aromatic rings. The van der Waals surface area contributed by atoms with Gasteiger partial charge in [0.05, 0.1) is 5.69 Å². The number of thioether (sulfide) groups is 1. The van der Waals surface area contributed by atoms with Crippen molar-refractivity contribution >= 4 is 46.1 Å². The maximum Gasteiger partial charge on any atom is 0.446 e. The first-order valence-corrected chi connectivity index (χ1v) is 7.41. The highest BCUT2D eigenvalue weighted by molar-refractivity contribution is 14.1. The van der Waals surface area contributed by atoms with Crippen molar-refractivity contribution in [3.8, 4) is 0 Å². The summed E-state index contributed by atoms with van der Waals surface area (Å²) >= 11 is 1.66. The van der Waals surface area contributed by atoms with E-state index in [9.17, 15) is 18.0 Å². The number of hydrogen-bond acceptors (Lipinski definition) is 3. The van der Waals surface area contributed by atoms with Gasteiger partial charge in [0.25, 0.3) is 0 Å².